The maximum Gasteiger partial charge on any atom is 0.357 e. The Morgan fingerprint density at radius 2 is 2.00 bits per heavy atom. The monoisotopic (exact) mass is 429 g/mol. The van der Waals surface area contributed by atoms with E-state index in [1.165, 1.54) is 42.5 Å². The fraction of sp³-hybridized carbons (Fsp3) is 0.105. The van der Waals surface area contributed by atoms with Crippen molar-refractivity contribution < 1.29 is 28.8 Å². The van der Waals surface area contributed by atoms with Gasteiger partial charge in [-0.15, -0.1) is 0 Å². The van der Waals surface area contributed by atoms with E-state index in [1.807, 2.05) is 0 Å². The molecule has 2 aliphatic rings. The van der Waals surface area contributed by atoms with E-state index in [9.17, 15) is 24.5 Å². The van der Waals surface area contributed by atoms with Crippen molar-refractivity contribution in [2.75, 3.05) is 17.7 Å². The van der Waals surface area contributed by atoms with Crippen LogP contribution in [0.2, 0.25) is 5.02 Å². The predicted molar refractivity (Wildman–Crippen MR) is 104 cm³/mol. The van der Waals surface area contributed by atoms with Crippen LogP contribution < -0.4 is 10.6 Å². The number of nitrogens with zero attached hydrogens (tertiary/aromatic N) is 1. The van der Waals surface area contributed by atoms with Crippen molar-refractivity contribution in [1.29, 1.82) is 0 Å². The summed E-state index contributed by atoms with van der Waals surface area (Å²) < 4.78 is 10.2. The van der Waals surface area contributed by atoms with Crippen LogP contribution >= 0.6 is 11.6 Å². The van der Waals surface area contributed by atoms with Gasteiger partial charge >= 0.3 is 11.9 Å². The second-order valence-electron chi connectivity index (χ2n) is 6.36. The number of carbonyl (C=O) groups excluding carboxylic acids is 3. The molecule has 0 fully saturated rings. The van der Waals surface area contributed by atoms with Crippen LogP contribution in [0.15, 0.2) is 53.7 Å². The minimum absolute atomic E-state index is 0.0716. The van der Waals surface area contributed by atoms with E-state index < -0.39 is 39.6 Å². The number of fused-ring (bicyclic) bond motifs is 2. The highest BCUT2D eigenvalue weighted by atomic mass is 35.5. The van der Waals surface area contributed by atoms with Crippen LogP contribution in [0.1, 0.15) is 5.56 Å². The minimum Gasteiger partial charge on any atom is -0.465 e. The molecule has 1 atom stereocenters. The summed E-state index contributed by atoms with van der Waals surface area (Å²) in [5.74, 6) is -2.88. The molecule has 2 aliphatic heterocycles. The number of rotatable bonds is 4. The SMILES string of the molecule is COC(=O)C1=C(Nc2ccccc2[N+](=O)[O-])C(=O)OC12C(=O)Nc1ccc(Cl)cc12. The van der Waals surface area contributed by atoms with E-state index >= 15 is 0 Å². The van der Waals surface area contributed by atoms with E-state index in [1.54, 1.807) is 0 Å². The number of amides is 1. The van der Waals surface area contributed by atoms with Gasteiger partial charge in [-0.3, -0.25) is 14.9 Å². The van der Waals surface area contributed by atoms with Gasteiger partial charge in [0.1, 0.15) is 17.0 Å². The molecule has 2 aromatic carbocycles. The van der Waals surface area contributed by atoms with E-state index in [0.29, 0.717) is 5.69 Å². The number of para-hydroxylation sites is 2. The highest BCUT2D eigenvalue weighted by Crippen LogP contribution is 2.50. The quantitative estimate of drug-likeness (QED) is 0.429. The Labute approximate surface area is 173 Å². The van der Waals surface area contributed by atoms with Crippen molar-refractivity contribution in [3.63, 3.8) is 0 Å². The van der Waals surface area contributed by atoms with E-state index in [0.717, 1.165) is 7.11 Å². The average Bonchev–Trinajstić information content (AvgIpc) is 3.16. The molecule has 11 heteroatoms. The molecule has 1 spiro atoms. The molecule has 10 nitrogen and oxygen atoms in total. The third-order valence-electron chi connectivity index (χ3n) is 4.73. The number of nitro groups is 1. The fourth-order valence-corrected chi connectivity index (χ4v) is 3.62. The number of methoxy groups -OCH3 is 1. The molecule has 2 N–H and O–H groups in total. The lowest BCUT2D eigenvalue weighted by Crippen LogP contribution is -2.39. The molecule has 0 saturated heterocycles. The first-order valence-electron chi connectivity index (χ1n) is 8.48. The lowest BCUT2D eigenvalue weighted by Gasteiger charge is -2.22. The first kappa shape index (κ1) is 19.4. The van der Waals surface area contributed by atoms with E-state index in [2.05, 4.69) is 10.6 Å². The lowest BCUT2D eigenvalue weighted by atomic mass is 9.87. The van der Waals surface area contributed by atoms with Crippen LogP contribution in [-0.4, -0.2) is 29.9 Å². The molecular formula is C19H12ClN3O7. The van der Waals surface area contributed by atoms with Gasteiger partial charge in [-0.05, 0) is 24.3 Å². The Kier molecular flexibility index (Phi) is 4.43. The van der Waals surface area contributed by atoms with Crippen LogP contribution in [0.3, 0.4) is 0 Å². The molecule has 0 bridgehead atoms. The van der Waals surface area contributed by atoms with Gasteiger partial charge in [0.05, 0.1) is 12.0 Å². The van der Waals surface area contributed by atoms with Gasteiger partial charge < -0.3 is 20.1 Å². The second-order valence-corrected chi connectivity index (χ2v) is 6.79. The molecule has 2 heterocycles. The molecule has 1 unspecified atom stereocenters. The Balaban J connectivity index is 1.95. The lowest BCUT2D eigenvalue weighted by molar-refractivity contribution is -0.383. The molecule has 2 aromatic rings. The standard InChI is InChI=1S/C19H12ClN3O7/c1-29-16(24)14-15(21-12-4-2-3-5-13(12)23(27)28)17(25)30-19(14)10-8-9(20)6-7-11(10)22-18(19)26/h2-8,21H,1H3,(H,22,26). The molecule has 30 heavy (non-hydrogen) atoms. The molecular weight excluding hydrogens is 418 g/mol. The van der Waals surface area contributed by atoms with E-state index in [-0.39, 0.29) is 22.0 Å². The molecule has 4 rings (SSSR count). The summed E-state index contributed by atoms with van der Waals surface area (Å²) in [6.45, 7) is 0. The predicted octanol–water partition coefficient (Wildman–Crippen LogP) is 2.49. The van der Waals surface area contributed by atoms with Crippen molar-refractivity contribution in [3.8, 4) is 0 Å². The largest absolute Gasteiger partial charge is 0.465 e. The maximum atomic E-state index is 12.9. The fourth-order valence-electron chi connectivity index (χ4n) is 3.45. The van der Waals surface area contributed by atoms with Crippen LogP contribution in [0.5, 0.6) is 0 Å². The number of benzene rings is 2. The highest BCUT2D eigenvalue weighted by molar-refractivity contribution is 6.31. The number of hydrogen-bond donors (Lipinski definition) is 2. The number of carbonyl (C=O) groups is 3. The number of esters is 2. The average molecular weight is 430 g/mol. The summed E-state index contributed by atoms with van der Waals surface area (Å²) in [7, 11) is 1.07. The van der Waals surface area contributed by atoms with Gasteiger partial charge in [-0.2, -0.15) is 0 Å². The van der Waals surface area contributed by atoms with Crippen LogP contribution in [0.25, 0.3) is 0 Å². The topological polar surface area (TPSA) is 137 Å². The first-order valence-corrected chi connectivity index (χ1v) is 8.85. The van der Waals surface area contributed by atoms with Crippen molar-refractivity contribution in [3.05, 3.63) is 74.4 Å². The maximum absolute atomic E-state index is 12.9. The van der Waals surface area contributed by atoms with Gasteiger partial charge in [-0.25, -0.2) is 9.59 Å². The van der Waals surface area contributed by atoms with Crippen molar-refractivity contribution in [2.24, 2.45) is 0 Å². The van der Waals surface area contributed by atoms with Crippen LogP contribution in [0.4, 0.5) is 17.1 Å². The highest BCUT2D eigenvalue weighted by Gasteiger charge is 2.62. The smallest absolute Gasteiger partial charge is 0.357 e. The minimum atomic E-state index is -2.14. The summed E-state index contributed by atoms with van der Waals surface area (Å²) in [5, 5.41) is 16.7. The molecule has 0 saturated carbocycles. The summed E-state index contributed by atoms with van der Waals surface area (Å²) >= 11 is 6.05. The Morgan fingerprint density at radius 3 is 2.70 bits per heavy atom. The van der Waals surface area contributed by atoms with Gasteiger partial charge in [-0.1, -0.05) is 23.7 Å². The molecule has 0 aromatic heterocycles. The van der Waals surface area contributed by atoms with Crippen LogP contribution in [-0.2, 0) is 29.5 Å². The van der Waals surface area contributed by atoms with Gasteiger partial charge in [0.2, 0.25) is 0 Å². The normalized spacial score (nSPS) is 19.4. The molecule has 152 valence electrons. The Hall–Kier alpha value is -3.92. The van der Waals surface area contributed by atoms with E-state index in [4.69, 9.17) is 21.1 Å². The second kappa shape index (κ2) is 6.85. The summed E-state index contributed by atoms with van der Waals surface area (Å²) in [6.07, 6.45) is 0. The van der Waals surface area contributed by atoms with Crippen molar-refractivity contribution in [2.45, 2.75) is 5.60 Å². The van der Waals surface area contributed by atoms with Gasteiger partial charge in [0.15, 0.2) is 0 Å². The third-order valence-corrected chi connectivity index (χ3v) is 4.97. The number of ether oxygens (including phenoxy) is 2. The number of anilines is 2. The van der Waals surface area contributed by atoms with Gasteiger partial charge in [0.25, 0.3) is 17.2 Å². The van der Waals surface area contributed by atoms with Crippen molar-refractivity contribution >= 4 is 46.5 Å². The third kappa shape index (κ3) is 2.69. The number of nitrogens with one attached hydrogen (secondary N) is 2. The zero-order chi connectivity index (χ0) is 21.6. The first-order chi connectivity index (χ1) is 14.3. The molecule has 0 aliphatic carbocycles. The summed E-state index contributed by atoms with van der Waals surface area (Å²) in [5.41, 5.74) is -3.00. The Bertz CT molecular complexity index is 1180. The van der Waals surface area contributed by atoms with Gasteiger partial charge in [0, 0.05) is 22.3 Å². The molecule has 1 amide bonds. The molecule has 0 radical (unpaired) electrons. The number of hydrogen-bond acceptors (Lipinski definition) is 8. The zero-order valence-electron chi connectivity index (χ0n) is 15.2. The summed E-state index contributed by atoms with van der Waals surface area (Å²) in [6, 6.07) is 9.91. The number of halogens is 1. The number of nitro benzene ring substituents is 1. The zero-order valence-corrected chi connectivity index (χ0v) is 16.0. The summed E-state index contributed by atoms with van der Waals surface area (Å²) in [4.78, 5) is 49.0. The Morgan fingerprint density at radius 1 is 1.27 bits per heavy atom. The van der Waals surface area contributed by atoms with Crippen LogP contribution in [0, 0.1) is 10.1 Å². The van der Waals surface area contributed by atoms with Crippen molar-refractivity contribution in [1.82, 2.24) is 0 Å².